The third kappa shape index (κ3) is 2.88. The zero-order valence-electron chi connectivity index (χ0n) is 5.72. The predicted molar refractivity (Wildman–Crippen MR) is 41.7 cm³/mol. The quantitative estimate of drug-likeness (QED) is 0.561. The van der Waals surface area contributed by atoms with Gasteiger partial charge in [0.1, 0.15) is 0 Å². The highest BCUT2D eigenvalue weighted by molar-refractivity contribution is 7.99. The Kier molecular flexibility index (Phi) is 3.49. The molecular formula is C5H10BF2NS. The summed E-state index contributed by atoms with van der Waals surface area (Å²) in [6, 6.07) is 0. The lowest BCUT2D eigenvalue weighted by atomic mass is 9.99. The van der Waals surface area contributed by atoms with Crippen LogP contribution in [0.25, 0.3) is 0 Å². The van der Waals surface area contributed by atoms with Crippen LogP contribution in [-0.2, 0) is 0 Å². The van der Waals surface area contributed by atoms with Gasteiger partial charge in [-0.2, -0.15) is 11.8 Å². The van der Waals surface area contributed by atoms with Gasteiger partial charge in [0.25, 0.3) is 0 Å². The minimum absolute atomic E-state index is 0.0411. The van der Waals surface area contributed by atoms with Gasteiger partial charge in [-0.1, -0.05) is 0 Å². The average Bonchev–Trinajstić information content (AvgIpc) is 1.88. The van der Waals surface area contributed by atoms with Crippen LogP contribution in [0, 0.1) is 0 Å². The summed E-state index contributed by atoms with van der Waals surface area (Å²) in [5, 5.41) is 0. The van der Waals surface area contributed by atoms with Gasteiger partial charge in [-0.15, -0.1) is 0 Å². The molecule has 0 spiro atoms. The van der Waals surface area contributed by atoms with Crippen molar-refractivity contribution in [2.45, 2.75) is 0 Å². The van der Waals surface area contributed by atoms with Crippen LogP contribution in [0.3, 0.4) is 0 Å². The molecule has 0 aliphatic carbocycles. The Hall–Kier alpha value is 0.235. The maximum Gasteiger partial charge on any atom is 0.551 e. The first-order valence-electron chi connectivity index (χ1n) is 3.37. The van der Waals surface area contributed by atoms with Crippen molar-refractivity contribution in [3.63, 3.8) is 0 Å². The number of nitrogens with zero attached hydrogens (tertiary/aromatic N) is 1. The molecule has 0 amide bonds. The fourth-order valence-electron chi connectivity index (χ4n) is 0.979. The summed E-state index contributed by atoms with van der Waals surface area (Å²) in [7, 11) is -2.16. The molecule has 0 N–H and O–H groups in total. The first kappa shape index (κ1) is 8.33. The van der Waals surface area contributed by atoms with E-state index in [0.717, 1.165) is 24.6 Å². The summed E-state index contributed by atoms with van der Waals surface area (Å²) in [6.07, 6.45) is -0.0411. The summed E-state index contributed by atoms with van der Waals surface area (Å²) in [6.45, 7) is 1.66. The lowest BCUT2D eigenvalue weighted by molar-refractivity contribution is 0.333. The van der Waals surface area contributed by atoms with E-state index in [2.05, 4.69) is 0 Å². The minimum atomic E-state index is -2.16. The molecule has 0 bridgehead atoms. The Morgan fingerprint density at radius 3 is 2.40 bits per heavy atom. The SMILES string of the molecule is FB(F)CN1CCSCC1. The number of halogens is 2. The number of thioether (sulfide) groups is 1. The van der Waals surface area contributed by atoms with E-state index in [-0.39, 0.29) is 6.44 Å². The van der Waals surface area contributed by atoms with E-state index in [9.17, 15) is 8.63 Å². The lowest BCUT2D eigenvalue weighted by Crippen LogP contribution is -2.37. The Labute approximate surface area is 64.3 Å². The molecule has 0 aromatic heterocycles. The Balaban J connectivity index is 2.13. The van der Waals surface area contributed by atoms with Crippen molar-refractivity contribution >= 4 is 19.0 Å². The highest BCUT2D eigenvalue weighted by Crippen LogP contribution is 2.09. The van der Waals surface area contributed by atoms with Gasteiger partial charge in [-0.3, -0.25) is 8.63 Å². The zero-order valence-corrected chi connectivity index (χ0v) is 6.54. The molecule has 0 unspecified atom stereocenters. The van der Waals surface area contributed by atoms with Crippen LogP contribution in [-0.4, -0.2) is 43.2 Å². The second-order valence-electron chi connectivity index (χ2n) is 2.30. The predicted octanol–water partition coefficient (Wildman–Crippen LogP) is 1.00. The maximum absolute atomic E-state index is 11.8. The smallest absolute Gasteiger partial charge is 0.303 e. The van der Waals surface area contributed by atoms with E-state index in [1.165, 1.54) is 0 Å². The molecule has 1 aliphatic heterocycles. The van der Waals surface area contributed by atoms with Crippen LogP contribution in [0.2, 0.25) is 0 Å². The molecule has 0 saturated carbocycles. The van der Waals surface area contributed by atoms with Crippen molar-refractivity contribution in [3.8, 4) is 0 Å². The summed E-state index contributed by atoms with van der Waals surface area (Å²) in [4.78, 5) is 1.82. The second-order valence-corrected chi connectivity index (χ2v) is 3.53. The summed E-state index contributed by atoms with van der Waals surface area (Å²) in [5.74, 6) is 2.01. The number of rotatable bonds is 2. The van der Waals surface area contributed by atoms with E-state index in [4.69, 9.17) is 0 Å². The van der Waals surface area contributed by atoms with E-state index in [0.29, 0.717) is 0 Å². The van der Waals surface area contributed by atoms with Gasteiger partial charge in [0.15, 0.2) is 0 Å². The molecule has 1 rings (SSSR count). The third-order valence-corrected chi connectivity index (χ3v) is 2.44. The highest BCUT2D eigenvalue weighted by Gasteiger charge is 2.19. The summed E-state index contributed by atoms with van der Waals surface area (Å²) >= 11 is 1.84. The Bertz CT molecular complexity index is 97.6. The van der Waals surface area contributed by atoms with E-state index >= 15 is 0 Å². The molecule has 1 fully saturated rings. The van der Waals surface area contributed by atoms with Crippen LogP contribution >= 0.6 is 11.8 Å². The summed E-state index contributed by atoms with van der Waals surface area (Å²) < 4.78 is 23.5. The van der Waals surface area contributed by atoms with Crippen molar-refractivity contribution in [2.75, 3.05) is 31.0 Å². The normalized spacial score (nSPS) is 21.0. The van der Waals surface area contributed by atoms with E-state index in [1.807, 2.05) is 16.7 Å². The van der Waals surface area contributed by atoms with Crippen LogP contribution in [0.15, 0.2) is 0 Å². The van der Waals surface area contributed by atoms with Gasteiger partial charge in [-0.05, 0) is 0 Å². The largest absolute Gasteiger partial charge is 0.551 e. The fourth-order valence-corrected chi connectivity index (χ4v) is 1.96. The number of hydrogen-bond donors (Lipinski definition) is 0. The maximum atomic E-state index is 11.8. The highest BCUT2D eigenvalue weighted by atomic mass is 32.2. The van der Waals surface area contributed by atoms with Crippen molar-refractivity contribution in [1.82, 2.24) is 4.90 Å². The van der Waals surface area contributed by atoms with Crippen LogP contribution < -0.4 is 0 Å². The topological polar surface area (TPSA) is 3.24 Å². The van der Waals surface area contributed by atoms with Crippen molar-refractivity contribution < 1.29 is 8.63 Å². The summed E-state index contributed by atoms with van der Waals surface area (Å²) in [5.41, 5.74) is 0. The molecule has 10 heavy (non-hydrogen) atoms. The van der Waals surface area contributed by atoms with Crippen LogP contribution in [0.4, 0.5) is 8.63 Å². The lowest BCUT2D eigenvalue weighted by Gasteiger charge is -2.24. The standard InChI is InChI=1S/C5H10BF2NS/c7-6(8)5-9-1-3-10-4-2-9/h1-5H2. The molecule has 58 valence electrons. The first-order valence-corrected chi connectivity index (χ1v) is 4.53. The second kappa shape index (κ2) is 4.18. The Morgan fingerprint density at radius 2 is 1.90 bits per heavy atom. The molecule has 0 aromatic rings. The van der Waals surface area contributed by atoms with Gasteiger partial charge >= 0.3 is 7.27 Å². The molecule has 5 heteroatoms. The van der Waals surface area contributed by atoms with Crippen molar-refractivity contribution in [2.24, 2.45) is 0 Å². The molecule has 0 aromatic carbocycles. The van der Waals surface area contributed by atoms with Gasteiger partial charge in [0.05, 0.1) is 0 Å². The molecular weight excluding hydrogens is 155 g/mol. The zero-order chi connectivity index (χ0) is 7.40. The third-order valence-electron chi connectivity index (χ3n) is 1.50. The van der Waals surface area contributed by atoms with Crippen molar-refractivity contribution in [1.29, 1.82) is 0 Å². The fraction of sp³-hybridized carbons (Fsp3) is 1.00. The van der Waals surface area contributed by atoms with Crippen LogP contribution in [0.1, 0.15) is 0 Å². The minimum Gasteiger partial charge on any atom is -0.303 e. The molecule has 1 saturated heterocycles. The Morgan fingerprint density at radius 1 is 1.30 bits per heavy atom. The van der Waals surface area contributed by atoms with Gasteiger partial charge in [0, 0.05) is 31.0 Å². The van der Waals surface area contributed by atoms with Crippen molar-refractivity contribution in [3.05, 3.63) is 0 Å². The first-order chi connectivity index (χ1) is 4.79. The van der Waals surface area contributed by atoms with E-state index < -0.39 is 7.27 Å². The molecule has 1 aliphatic rings. The van der Waals surface area contributed by atoms with Crippen LogP contribution in [0.5, 0.6) is 0 Å². The molecule has 0 radical (unpaired) electrons. The van der Waals surface area contributed by atoms with Gasteiger partial charge in [0.2, 0.25) is 0 Å². The monoisotopic (exact) mass is 165 g/mol. The molecule has 1 heterocycles. The molecule has 0 atom stereocenters. The van der Waals surface area contributed by atoms with Gasteiger partial charge < -0.3 is 4.90 Å². The average molecular weight is 165 g/mol. The molecule has 1 nitrogen and oxygen atoms in total. The van der Waals surface area contributed by atoms with Gasteiger partial charge in [-0.25, -0.2) is 0 Å². The number of hydrogen-bond acceptors (Lipinski definition) is 2. The van der Waals surface area contributed by atoms with E-state index in [1.54, 1.807) is 0 Å².